The van der Waals surface area contributed by atoms with Crippen molar-refractivity contribution in [2.75, 3.05) is 5.32 Å². The number of nitrogens with one attached hydrogen (secondary N) is 1. The van der Waals surface area contributed by atoms with Crippen LogP contribution in [-0.4, -0.2) is 21.9 Å². The molecule has 1 saturated carbocycles. The van der Waals surface area contributed by atoms with Crippen molar-refractivity contribution in [3.63, 3.8) is 0 Å². The summed E-state index contributed by atoms with van der Waals surface area (Å²) in [5.74, 6) is -2.84. The molecule has 1 aliphatic rings. The largest absolute Gasteiger partial charge is 0.481 e. The predicted octanol–water partition coefficient (Wildman–Crippen LogP) is 1.13. The van der Waals surface area contributed by atoms with Crippen molar-refractivity contribution >= 4 is 23.3 Å². The number of nitrogens with zero attached hydrogens (tertiary/aromatic N) is 2. The van der Waals surface area contributed by atoms with Crippen LogP contribution in [0.5, 0.6) is 0 Å². The second kappa shape index (κ2) is 4.97. The van der Waals surface area contributed by atoms with Crippen LogP contribution >= 0.6 is 0 Å². The fraction of sp³-hybridized carbons (Fsp3) is 0.250. The molecule has 20 heavy (non-hydrogen) atoms. The Morgan fingerprint density at radius 3 is 2.65 bits per heavy atom. The fourth-order valence-electron chi connectivity index (χ4n) is 1.83. The summed E-state index contributed by atoms with van der Waals surface area (Å²) >= 11 is 0. The average Bonchev–Trinajstić information content (AvgIpc) is 3.19. The minimum atomic E-state index is -1.03. The second-order valence-corrected chi connectivity index (χ2v) is 4.37. The number of rotatable bonds is 4. The number of nitro benzene ring substituents is 1. The first-order chi connectivity index (χ1) is 9.43. The molecule has 0 saturated heterocycles. The van der Waals surface area contributed by atoms with E-state index in [1.807, 2.05) is 0 Å². The van der Waals surface area contributed by atoms with Gasteiger partial charge in [0.2, 0.25) is 5.91 Å². The van der Waals surface area contributed by atoms with Crippen molar-refractivity contribution in [2.24, 2.45) is 11.8 Å². The van der Waals surface area contributed by atoms with E-state index in [4.69, 9.17) is 10.4 Å². The lowest BCUT2D eigenvalue weighted by Gasteiger charge is -2.06. The number of anilines is 1. The summed E-state index contributed by atoms with van der Waals surface area (Å²) in [4.78, 5) is 32.4. The van der Waals surface area contributed by atoms with Crippen LogP contribution in [0.2, 0.25) is 0 Å². The highest BCUT2D eigenvalue weighted by molar-refractivity contribution is 5.99. The Bertz CT molecular complexity index is 649. The third kappa shape index (κ3) is 2.56. The van der Waals surface area contributed by atoms with Crippen molar-refractivity contribution in [1.29, 1.82) is 5.26 Å². The Balaban J connectivity index is 2.14. The predicted molar refractivity (Wildman–Crippen MR) is 65.7 cm³/mol. The molecule has 8 heteroatoms. The molecule has 0 aliphatic heterocycles. The van der Waals surface area contributed by atoms with Crippen LogP contribution in [0.3, 0.4) is 0 Å². The minimum absolute atomic E-state index is 0.0416. The average molecular weight is 275 g/mol. The quantitative estimate of drug-likeness (QED) is 0.624. The molecule has 1 amide bonds. The van der Waals surface area contributed by atoms with E-state index in [0.717, 1.165) is 12.1 Å². The fourth-order valence-corrected chi connectivity index (χ4v) is 1.83. The van der Waals surface area contributed by atoms with Crippen LogP contribution in [0.4, 0.5) is 11.4 Å². The number of benzene rings is 1. The normalized spacial score (nSPS) is 19.8. The van der Waals surface area contributed by atoms with E-state index >= 15 is 0 Å². The summed E-state index contributed by atoms with van der Waals surface area (Å²) in [7, 11) is 0. The first-order valence-electron chi connectivity index (χ1n) is 5.66. The zero-order valence-corrected chi connectivity index (χ0v) is 10.1. The molecule has 1 aromatic carbocycles. The molecule has 0 heterocycles. The van der Waals surface area contributed by atoms with Crippen molar-refractivity contribution in [3.8, 4) is 6.07 Å². The lowest BCUT2D eigenvalue weighted by atomic mass is 10.1. The van der Waals surface area contributed by atoms with Gasteiger partial charge in [0, 0.05) is 12.1 Å². The number of carbonyl (C=O) groups excluding carboxylic acids is 1. The number of amides is 1. The van der Waals surface area contributed by atoms with Crippen molar-refractivity contribution < 1.29 is 19.6 Å². The molecule has 2 rings (SSSR count). The molecule has 0 aromatic heterocycles. The van der Waals surface area contributed by atoms with E-state index in [9.17, 15) is 19.7 Å². The van der Waals surface area contributed by atoms with Crippen LogP contribution < -0.4 is 5.32 Å². The maximum Gasteiger partial charge on any atom is 0.307 e. The van der Waals surface area contributed by atoms with Gasteiger partial charge in [0.05, 0.1) is 28.0 Å². The van der Waals surface area contributed by atoms with Crippen LogP contribution in [0.1, 0.15) is 12.0 Å². The summed E-state index contributed by atoms with van der Waals surface area (Å²) in [6.07, 6.45) is 0.260. The van der Waals surface area contributed by atoms with E-state index in [1.54, 1.807) is 6.07 Å². The Hall–Kier alpha value is -2.95. The molecule has 0 bridgehead atoms. The number of carbonyl (C=O) groups is 2. The lowest BCUT2D eigenvalue weighted by molar-refractivity contribution is -0.384. The number of aliphatic carboxylic acids is 1. The highest BCUT2D eigenvalue weighted by Gasteiger charge is 2.48. The second-order valence-electron chi connectivity index (χ2n) is 4.37. The topological polar surface area (TPSA) is 133 Å². The molecule has 0 radical (unpaired) electrons. The van der Waals surface area contributed by atoms with Crippen LogP contribution in [0.25, 0.3) is 0 Å². The molecular formula is C12H9N3O5. The number of non-ortho nitro benzene ring substituents is 1. The molecule has 2 unspecified atom stereocenters. The van der Waals surface area contributed by atoms with Gasteiger partial charge in [0.25, 0.3) is 5.69 Å². The van der Waals surface area contributed by atoms with E-state index < -0.39 is 28.6 Å². The number of hydrogen-bond donors (Lipinski definition) is 2. The highest BCUT2D eigenvalue weighted by atomic mass is 16.6. The van der Waals surface area contributed by atoms with Crippen LogP contribution in [0.15, 0.2) is 18.2 Å². The lowest BCUT2D eigenvalue weighted by Crippen LogP contribution is -2.17. The Kier molecular flexibility index (Phi) is 3.35. The number of carboxylic acid groups (broad SMARTS) is 1. The first-order valence-corrected chi connectivity index (χ1v) is 5.66. The molecule has 1 aromatic rings. The summed E-state index contributed by atoms with van der Waals surface area (Å²) in [5.41, 5.74) is -0.159. The Morgan fingerprint density at radius 2 is 2.15 bits per heavy atom. The zero-order chi connectivity index (χ0) is 14.9. The number of hydrogen-bond acceptors (Lipinski definition) is 5. The number of carboxylic acids is 1. The smallest absolute Gasteiger partial charge is 0.307 e. The molecule has 1 fully saturated rings. The summed E-state index contributed by atoms with van der Waals surface area (Å²) in [6, 6.07) is 5.23. The monoisotopic (exact) mass is 275 g/mol. The van der Waals surface area contributed by atoms with E-state index in [2.05, 4.69) is 5.32 Å². The standard InChI is InChI=1S/C12H9N3O5/c13-5-6-3-7(15(19)20)1-2-10(6)14-11(16)8-4-9(8)12(17)18/h1-3,8-9H,4H2,(H,14,16)(H,17,18). The van der Waals surface area contributed by atoms with Gasteiger partial charge >= 0.3 is 5.97 Å². The van der Waals surface area contributed by atoms with E-state index in [1.165, 1.54) is 6.07 Å². The first kappa shape index (κ1) is 13.5. The summed E-state index contributed by atoms with van der Waals surface area (Å²) < 4.78 is 0. The Labute approximate surface area is 112 Å². The van der Waals surface area contributed by atoms with Gasteiger partial charge < -0.3 is 10.4 Å². The summed E-state index contributed by atoms with van der Waals surface area (Å²) in [6.45, 7) is 0. The zero-order valence-electron chi connectivity index (χ0n) is 10.1. The maximum absolute atomic E-state index is 11.8. The van der Waals surface area contributed by atoms with Gasteiger partial charge in [-0.3, -0.25) is 19.7 Å². The van der Waals surface area contributed by atoms with Crippen molar-refractivity contribution in [1.82, 2.24) is 0 Å². The molecule has 102 valence electrons. The maximum atomic E-state index is 11.8. The SMILES string of the molecule is N#Cc1cc([N+](=O)[O-])ccc1NC(=O)C1CC1C(=O)O. The van der Waals surface area contributed by atoms with Crippen molar-refractivity contribution in [2.45, 2.75) is 6.42 Å². The number of nitro groups is 1. The van der Waals surface area contributed by atoms with Crippen molar-refractivity contribution in [3.05, 3.63) is 33.9 Å². The molecule has 2 N–H and O–H groups in total. The Morgan fingerprint density at radius 1 is 1.45 bits per heavy atom. The third-order valence-corrected chi connectivity index (χ3v) is 3.04. The minimum Gasteiger partial charge on any atom is -0.481 e. The molecule has 8 nitrogen and oxygen atoms in total. The molecule has 0 spiro atoms. The van der Waals surface area contributed by atoms with Gasteiger partial charge in [-0.2, -0.15) is 5.26 Å². The van der Waals surface area contributed by atoms with E-state index in [0.29, 0.717) is 0 Å². The highest BCUT2D eigenvalue weighted by Crippen LogP contribution is 2.39. The molecule has 2 atom stereocenters. The van der Waals surface area contributed by atoms with Gasteiger partial charge in [0.15, 0.2) is 0 Å². The van der Waals surface area contributed by atoms with Gasteiger partial charge in [0.1, 0.15) is 6.07 Å². The van der Waals surface area contributed by atoms with Gasteiger partial charge in [-0.1, -0.05) is 0 Å². The summed E-state index contributed by atoms with van der Waals surface area (Å²) in [5, 5.41) is 30.7. The number of nitriles is 1. The van der Waals surface area contributed by atoms with Gasteiger partial charge in [-0.15, -0.1) is 0 Å². The molecule has 1 aliphatic carbocycles. The van der Waals surface area contributed by atoms with E-state index in [-0.39, 0.29) is 23.4 Å². The molecular weight excluding hydrogens is 266 g/mol. The third-order valence-electron chi connectivity index (χ3n) is 3.04. The van der Waals surface area contributed by atoms with Crippen LogP contribution in [-0.2, 0) is 9.59 Å². The van der Waals surface area contributed by atoms with Crippen LogP contribution in [0, 0.1) is 33.3 Å². The van der Waals surface area contributed by atoms with Gasteiger partial charge in [-0.05, 0) is 12.5 Å². The van der Waals surface area contributed by atoms with Gasteiger partial charge in [-0.25, -0.2) is 0 Å².